The smallest absolute Gasteiger partial charge is 0.154 e. The van der Waals surface area contributed by atoms with Crippen LogP contribution in [0.4, 0.5) is 0 Å². The van der Waals surface area contributed by atoms with E-state index in [0.717, 1.165) is 16.7 Å². The average Bonchev–Trinajstić information content (AvgIpc) is 2.26. The van der Waals surface area contributed by atoms with Crippen LogP contribution in [0.25, 0.3) is 6.08 Å². The average molecular weight is 238 g/mol. The Morgan fingerprint density at radius 3 is 2.69 bits per heavy atom. The number of benzene rings is 1. The number of sulfone groups is 1. The van der Waals surface area contributed by atoms with E-state index in [-0.39, 0.29) is 6.61 Å². The number of fused-ring (bicyclic) bond motifs is 1. The fourth-order valence-electron chi connectivity index (χ4n) is 2.05. The molecule has 1 atom stereocenters. The van der Waals surface area contributed by atoms with E-state index in [2.05, 4.69) is 0 Å². The van der Waals surface area contributed by atoms with Crippen LogP contribution in [0.1, 0.15) is 22.8 Å². The molecule has 1 aliphatic rings. The Balaban J connectivity index is 2.57. The van der Waals surface area contributed by atoms with Crippen LogP contribution in [0.3, 0.4) is 0 Å². The van der Waals surface area contributed by atoms with Crippen LogP contribution in [0.5, 0.6) is 0 Å². The lowest BCUT2D eigenvalue weighted by Crippen LogP contribution is -2.17. The Kier molecular flexibility index (Phi) is 2.86. The van der Waals surface area contributed by atoms with E-state index in [1.54, 1.807) is 0 Å². The quantitative estimate of drug-likeness (QED) is 0.850. The monoisotopic (exact) mass is 238 g/mol. The fraction of sp³-hybridized carbons (Fsp3) is 0.333. The zero-order valence-corrected chi connectivity index (χ0v) is 9.87. The molecule has 0 aromatic heterocycles. The lowest BCUT2D eigenvalue weighted by molar-refractivity contribution is 0.327. The summed E-state index contributed by atoms with van der Waals surface area (Å²) in [6.45, 7) is -0.0830. The van der Waals surface area contributed by atoms with E-state index in [1.807, 2.05) is 30.3 Å². The second-order valence-electron chi connectivity index (χ2n) is 4.11. The van der Waals surface area contributed by atoms with Gasteiger partial charge in [0.05, 0.1) is 11.9 Å². The predicted octanol–water partition coefficient (Wildman–Crippen LogP) is 1.55. The molecule has 0 fully saturated rings. The maximum Gasteiger partial charge on any atom is 0.154 e. The lowest BCUT2D eigenvalue weighted by Gasteiger charge is -2.23. The Labute approximate surface area is 95.3 Å². The number of rotatable bonds is 2. The van der Waals surface area contributed by atoms with Crippen LogP contribution in [-0.4, -0.2) is 26.4 Å². The Morgan fingerprint density at radius 1 is 1.38 bits per heavy atom. The highest BCUT2D eigenvalue weighted by Crippen LogP contribution is 2.36. The first-order valence-corrected chi connectivity index (χ1v) is 7.06. The fourth-order valence-corrected chi connectivity index (χ4v) is 3.25. The number of hydrogen-bond acceptors (Lipinski definition) is 3. The number of aliphatic hydroxyl groups is 1. The second kappa shape index (κ2) is 4.03. The molecule has 0 heterocycles. The van der Waals surface area contributed by atoms with Gasteiger partial charge in [0.15, 0.2) is 9.84 Å². The first-order chi connectivity index (χ1) is 7.52. The Bertz CT molecular complexity index is 529. The van der Waals surface area contributed by atoms with Gasteiger partial charge in [-0.25, -0.2) is 8.42 Å². The third-order valence-corrected chi connectivity index (χ3v) is 4.32. The summed E-state index contributed by atoms with van der Waals surface area (Å²) in [6.07, 6.45) is 3.51. The van der Waals surface area contributed by atoms with Crippen LogP contribution in [-0.2, 0) is 9.84 Å². The van der Waals surface area contributed by atoms with Crippen molar-refractivity contribution in [2.75, 3.05) is 12.9 Å². The summed E-state index contributed by atoms with van der Waals surface area (Å²) in [5, 5.41) is 8.62. The summed E-state index contributed by atoms with van der Waals surface area (Å²) < 4.78 is 23.4. The number of aliphatic hydroxyl groups excluding tert-OH is 1. The van der Waals surface area contributed by atoms with E-state index in [9.17, 15) is 8.42 Å². The number of hydrogen-bond donors (Lipinski definition) is 1. The van der Waals surface area contributed by atoms with Crippen molar-refractivity contribution in [1.82, 2.24) is 0 Å². The van der Waals surface area contributed by atoms with Crippen molar-refractivity contribution >= 4 is 15.9 Å². The SMILES string of the molecule is CS(=O)(=O)C1CC(CO)=Cc2ccccc21. The zero-order chi connectivity index (χ0) is 11.8. The first-order valence-electron chi connectivity index (χ1n) is 5.10. The van der Waals surface area contributed by atoms with Crippen LogP contribution >= 0.6 is 0 Å². The van der Waals surface area contributed by atoms with E-state index >= 15 is 0 Å². The van der Waals surface area contributed by atoms with Crippen LogP contribution < -0.4 is 0 Å². The summed E-state index contributed by atoms with van der Waals surface area (Å²) in [4.78, 5) is 0. The van der Waals surface area contributed by atoms with Gasteiger partial charge in [0.25, 0.3) is 0 Å². The van der Waals surface area contributed by atoms with Gasteiger partial charge in [-0.05, 0) is 23.1 Å². The van der Waals surface area contributed by atoms with Crippen molar-refractivity contribution in [3.05, 3.63) is 41.0 Å². The molecule has 0 bridgehead atoms. The minimum absolute atomic E-state index is 0.0830. The molecule has 0 amide bonds. The molecular weight excluding hydrogens is 224 g/mol. The molecule has 16 heavy (non-hydrogen) atoms. The highest BCUT2D eigenvalue weighted by molar-refractivity contribution is 7.90. The van der Waals surface area contributed by atoms with E-state index in [4.69, 9.17) is 5.11 Å². The molecule has 1 aliphatic carbocycles. The molecule has 3 nitrogen and oxygen atoms in total. The van der Waals surface area contributed by atoms with E-state index in [1.165, 1.54) is 6.26 Å². The van der Waals surface area contributed by atoms with Gasteiger partial charge in [0.1, 0.15) is 0 Å². The molecule has 1 aromatic carbocycles. The van der Waals surface area contributed by atoms with Gasteiger partial charge in [-0.1, -0.05) is 30.3 Å². The van der Waals surface area contributed by atoms with Crippen molar-refractivity contribution in [2.24, 2.45) is 0 Å². The molecule has 1 aromatic rings. The summed E-state index contributed by atoms with van der Waals surface area (Å²) in [6, 6.07) is 7.43. The van der Waals surface area contributed by atoms with Gasteiger partial charge >= 0.3 is 0 Å². The van der Waals surface area contributed by atoms with Gasteiger partial charge < -0.3 is 5.11 Å². The molecular formula is C12H14O3S. The summed E-state index contributed by atoms with van der Waals surface area (Å²) in [7, 11) is -3.13. The van der Waals surface area contributed by atoms with Crippen LogP contribution in [0, 0.1) is 0 Å². The van der Waals surface area contributed by atoms with Crippen molar-refractivity contribution in [2.45, 2.75) is 11.7 Å². The van der Waals surface area contributed by atoms with Crippen molar-refractivity contribution in [1.29, 1.82) is 0 Å². The molecule has 2 rings (SSSR count). The highest BCUT2D eigenvalue weighted by Gasteiger charge is 2.28. The standard InChI is InChI=1S/C12H14O3S/c1-16(14,15)12-7-9(8-13)6-10-4-2-3-5-11(10)12/h2-6,12-13H,7-8H2,1H3. The third-order valence-electron chi connectivity index (χ3n) is 2.87. The van der Waals surface area contributed by atoms with Gasteiger partial charge in [0.2, 0.25) is 0 Å². The van der Waals surface area contributed by atoms with Crippen molar-refractivity contribution < 1.29 is 13.5 Å². The van der Waals surface area contributed by atoms with Crippen LogP contribution in [0.2, 0.25) is 0 Å². The zero-order valence-electron chi connectivity index (χ0n) is 9.05. The van der Waals surface area contributed by atoms with Gasteiger partial charge in [0, 0.05) is 6.26 Å². The maximum atomic E-state index is 11.7. The summed E-state index contributed by atoms with van der Waals surface area (Å²) in [5.41, 5.74) is 2.50. The van der Waals surface area contributed by atoms with Crippen molar-refractivity contribution in [3.63, 3.8) is 0 Å². The molecule has 1 N–H and O–H groups in total. The highest BCUT2D eigenvalue weighted by atomic mass is 32.2. The molecule has 0 saturated heterocycles. The molecule has 0 spiro atoms. The van der Waals surface area contributed by atoms with Crippen molar-refractivity contribution in [3.8, 4) is 0 Å². The first kappa shape index (κ1) is 11.4. The normalized spacial score (nSPS) is 20.1. The van der Waals surface area contributed by atoms with E-state index < -0.39 is 15.1 Å². The minimum atomic E-state index is -3.13. The topological polar surface area (TPSA) is 54.4 Å². The molecule has 0 aliphatic heterocycles. The molecule has 4 heteroatoms. The van der Waals surface area contributed by atoms with Crippen LogP contribution in [0.15, 0.2) is 29.8 Å². The second-order valence-corrected chi connectivity index (χ2v) is 6.34. The predicted molar refractivity (Wildman–Crippen MR) is 63.7 cm³/mol. The maximum absolute atomic E-state index is 11.7. The Hall–Kier alpha value is -1.13. The molecule has 0 radical (unpaired) electrons. The third kappa shape index (κ3) is 2.03. The summed E-state index contributed by atoms with van der Waals surface area (Å²) >= 11 is 0. The summed E-state index contributed by atoms with van der Waals surface area (Å²) in [5.74, 6) is 0. The van der Waals surface area contributed by atoms with Gasteiger partial charge in [-0.15, -0.1) is 0 Å². The molecule has 0 saturated carbocycles. The largest absolute Gasteiger partial charge is 0.392 e. The van der Waals surface area contributed by atoms with Gasteiger partial charge in [-0.3, -0.25) is 0 Å². The molecule has 86 valence electrons. The lowest BCUT2D eigenvalue weighted by atomic mass is 9.92. The molecule has 1 unspecified atom stereocenters. The van der Waals surface area contributed by atoms with Gasteiger partial charge in [-0.2, -0.15) is 0 Å². The van der Waals surface area contributed by atoms with E-state index in [0.29, 0.717) is 6.42 Å². The minimum Gasteiger partial charge on any atom is -0.392 e. The Morgan fingerprint density at radius 2 is 2.06 bits per heavy atom.